The second kappa shape index (κ2) is 5.00. The number of hydrogen-bond acceptors (Lipinski definition) is 7. The van der Waals surface area contributed by atoms with Gasteiger partial charge in [-0.2, -0.15) is 4.98 Å². The Labute approximate surface area is 129 Å². The molecular weight excluding hydrogens is 302 g/mol. The molecule has 3 atom stereocenters. The summed E-state index contributed by atoms with van der Waals surface area (Å²) < 4.78 is 7.63. The number of rotatable bonds is 2. The van der Waals surface area contributed by atoms with Crippen molar-refractivity contribution < 1.29 is 9.84 Å². The van der Waals surface area contributed by atoms with Crippen LogP contribution >= 0.6 is 0 Å². The first-order chi connectivity index (χ1) is 11.1. The molecule has 3 N–H and O–H groups in total. The number of nitrogens with zero attached hydrogens (tertiary/aromatic N) is 3. The number of ether oxygens (including phenoxy) is 1. The number of aliphatic hydroxyl groups is 1. The lowest BCUT2D eigenvalue weighted by molar-refractivity contribution is -0.0299. The molecule has 2 aliphatic rings. The van der Waals surface area contributed by atoms with E-state index in [-0.39, 0.29) is 30.7 Å². The number of nitrogens with one attached hydrogen (secondary N) is 2. The normalized spacial score (nSPS) is 25.7. The molecule has 0 aromatic carbocycles. The molecule has 0 saturated carbocycles. The fourth-order valence-electron chi connectivity index (χ4n) is 3.23. The molecule has 1 fully saturated rings. The van der Waals surface area contributed by atoms with Crippen molar-refractivity contribution in [3.63, 3.8) is 0 Å². The van der Waals surface area contributed by atoms with E-state index in [2.05, 4.69) is 20.3 Å². The summed E-state index contributed by atoms with van der Waals surface area (Å²) in [5.74, 6) is 0.948. The molecule has 3 unspecified atom stereocenters. The van der Waals surface area contributed by atoms with Gasteiger partial charge in [-0.05, 0) is 6.42 Å². The van der Waals surface area contributed by atoms with Crippen LogP contribution in [0.1, 0.15) is 19.6 Å². The fourth-order valence-corrected chi connectivity index (χ4v) is 3.23. The Kier molecular flexibility index (Phi) is 3.06. The summed E-state index contributed by atoms with van der Waals surface area (Å²) in [6, 6.07) is 0. The quantitative estimate of drug-likeness (QED) is 0.721. The van der Waals surface area contributed by atoms with Gasteiger partial charge in [0.2, 0.25) is 0 Å². The minimum atomic E-state index is -0.715. The Morgan fingerprint density at radius 1 is 1.48 bits per heavy atom. The third kappa shape index (κ3) is 2.08. The Morgan fingerprint density at radius 2 is 2.30 bits per heavy atom. The van der Waals surface area contributed by atoms with Crippen LogP contribution in [0.4, 0.5) is 11.6 Å². The Balaban J connectivity index is 1.98. The molecule has 9 nitrogen and oxygen atoms in total. The van der Waals surface area contributed by atoms with Gasteiger partial charge in [0.05, 0.1) is 29.8 Å². The second-order valence-electron chi connectivity index (χ2n) is 5.82. The lowest BCUT2D eigenvalue weighted by Crippen LogP contribution is -2.18. The molecule has 0 aliphatic carbocycles. The number of H-pyrrole nitrogens is 1. The van der Waals surface area contributed by atoms with Gasteiger partial charge >= 0.3 is 5.69 Å². The van der Waals surface area contributed by atoms with Crippen molar-refractivity contribution in [1.82, 2.24) is 14.5 Å². The van der Waals surface area contributed by atoms with Gasteiger partial charge in [-0.25, -0.2) is 9.79 Å². The number of hydrogen-bond donors (Lipinski definition) is 3. The van der Waals surface area contributed by atoms with E-state index in [0.29, 0.717) is 16.6 Å². The lowest BCUT2D eigenvalue weighted by Gasteiger charge is -2.19. The van der Waals surface area contributed by atoms with Gasteiger partial charge in [0, 0.05) is 12.1 Å². The van der Waals surface area contributed by atoms with Crippen molar-refractivity contribution in [3.8, 4) is 0 Å². The van der Waals surface area contributed by atoms with Crippen molar-refractivity contribution >= 4 is 28.7 Å². The summed E-state index contributed by atoms with van der Waals surface area (Å²) in [5, 5.41) is 12.9. The Morgan fingerprint density at radius 3 is 3.04 bits per heavy atom. The topological polar surface area (TPSA) is 122 Å². The first-order valence-electron chi connectivity index (χ1n) is 7.33. The molecule has 2 aliphatic heterocycles. The first-order valence-corrected chi connectivity index (χ1v) is 7.33. The highest BCUT2D eigenvalue weighted by molar-refractivity contribution is 6.05. The van der Waals surface area contributed by atoms with E-state index >= 15 is 0 Å². The third-order valence-electron chi connectivity index (χ3n) is 4.24. The summed E-state index contributed by atoms with van der Waals surface area (Å²) in [6.07, 6.45) is 3.19. The van der Waals surface area contributed by atoms with E-state index in [4.69, 9.17) is 4.74 Å². The predicted octanol–water partition coefficient (Wildman–Crippen LogP) is 0.0860. The minimum absolute atomic E-state index is 0.0519. The Hall–Kier alpha value is -2.52. The van der Waals surface area contributed by atoms with E-state index in [1.54, 1.807) is 10.8 Å². The number of aliphatic imine (C=N–C) groups is 1. The molecule has 23 heavy (non-hydrogen) atoms. The van der Waals surface area contributed by atoms with Gasteiger partial charge < -0.3 is 19.7 Å². The third-order valence-corrected chi connectivity index (χ3v) is 4.24. The van der Waals surface area contributed by atoms with E-state index in [9.17, 15) is 14.7 Å². The van der Waals surface area contributed by atoms with Gasteiger partial charge in [0.1, 0.15) is 17.9 Å². The number of aliphatic hydroxyl groups excluding tert-OH is 1. The maximum absolute atomic E-state index is 12.2. The molecule has 4 heterocycles. The summed E-state index contributed by atoms with van der Waals surface area (Å²) in [5.41, 5.74) is -1.24. The molecule has 4 rings (SSSR count). The zero-order chi connectivity index (χ0) is 16.1. The molecular formula is C14H15N5O4. The monoisotopic (exact) mass is 317 g/mol. The van der Waals surface area contributed by atoms with Crippen LogP contribution in [0.3, 0.4) is 0 Å². The molecule has 2 aromatic rings. The van der Waals surface area contributed by atoms with E-state index in [1.165, 1.54) is 6.34 Å². The SMILES string of the molecule is CC1CC(CO)OC1n1cc2c(=O)[nH]c(=O)nc3c2c1N=CN3. The van der Waals surface area contributed by atoms with Gasteiger partial charge in [0.25, 0.3) is 5.56 Å². The van der Waals surface area contributed by atoms with Gasteiger partial charge in [0.15, 0.2) is 0 Å². The van der Waals surface area contributed by atoms with Crippen LogP contribution in [0.5, 0.6) is 0 Å². The predicted molar refractivity (Wildman–Crippen MR) is 83.2 cm³/mol. The molecule has 0 radical (unpaired) electrons. The van der Waals surface area contributed by atoms with Crippen LogP contribution in [0.2, 0.25) is 0 Å². The van der Waals surface area contributed by atoms with Crippen LogP contribution in [0, 0.1) is 5.92 Å². The van der Waals surface area contributed by atoms with Gasteiger partial charge in [-0.3, -0.25) is 9.78 Å². The van der Waals surface area contributed by atoms with Crippen molar-refractivity contribution in [2.75, 3.05) is 11.9 Å². The minimum Gasteiger partial charge on any atom is -0.394 e. The maximum atomic E-state index is 12.2. The smallest absolute Gasteiger partial charge is 0.349 e. The summed E-state index contributed by atoms with van der Waals surface area (Å²) >= 11 is 0. The van der Waals surface area contributed by atoms with Crippen molar-refractivity contribution in [2.24, 2.45) is 10.9 Å². The molecule has 0 amide bonds. The first kappa shape index (κ1) is 14.1. The standard InChI is InChI=1S/C14H15N5O4/c1-6-2-7(4-20)23-13(6)19-3-8-9-10(15-5-16-11(9)19)17-14(22)18-12(8)21/h3,5-7,13,20H,2,4H2,1H3,(H2,15,16,17,18,21,22). The van der Waals surface area contributed by atoms with E-state index in [1.807, 2.05) is 6.92 Å². The average Bonchev–Trinajstić information content (AvgIpc) is 3.04. The Bertz CT molecular complexity index is 931. The number of aromatic amines is 1. The van der Waals surface area contributed by atoms with Crippen LogP contribution in [0.15, 0.2) is 20.8 Å². The van der Waals surface area contributed by atoms with E-state index in [0.717, 1.165) is 6.42 Å². The highest BCUT2D eigenvalue weighted by Crippen LogP contribution is 2.41. The summed E-state index contributed by atoms with van der Waals surface area (Å²) in [7, 11) is 0. The molecule has 1 saturated heterocycles. The van der Waals surface area contributed by atoms with Crippen LogP contribution < -0.4 is 16.6 Å². The lowest BCUT2D eigenvalue weighted by atomic mass is 10.1. The molecule has 2 aromatic heterocycles. The summed E-state index contributed by atoms with van der Waals surface area (Å²) in [6.45, 7) is 1.96. The highest BCUT2D eigenvalue weighted by atomic mass is 16.5. The van der Waals surface area contributed by atoms with Crippen molar-refractivity contribution in [3.05, 3.63) is 27.0 Å². The fraction of sp³-hybridized carbons (Fsp3) is 0.429. The summed E-state index contributed by atoms with van der Waals surface area (Å²) in [4.78, 5) is 34.1. The number of aromatic nitrogens is 3. The maximum Gasteiger partial charge on any atom is 0.349 e. The van der Waals surface area contributed by atoms with Crippen LogP contribution in [-0.4, -0.2) is 38.7 Å². The van der Waals surface area contributed by atoms with Crippen LogP contribution in [-0.2, 0) is 4.74 Å². The second-order valence-corrected chi connectivity index (χ2v) is 5.82. The molecule has 0 bridgehead atoms. The highest BCUT2D eigenvalue weighted by Gasteiger charge is 2.35. The zero-order valence-electron chi connectivity index (χ0n) is 12.3. The van der Waals surface area contributed by atoms with Crippen molar-refractivity contribution in [1.29, 1.82) is 0 Å². The van der Waals surface area contributed by atoms with Gasteiger partial charge in [-0.1, -0.05) is 6.92 Å². The molecule has 120 valence electrons. The molecule has 0 spiro atoms. The van der Waals surface area contributed by atoms with Crippen molar-refractivity contribution in [2.45, 2.75) is 25.7 Å². The molecule has 9 heteroatoms. The van der Waals surface area contributed by atoms with Crippen LogP contribution in [0.25, 0.3) is 10.8 Å². The number of anilines is 1. The van der Waals surface area contributed by atoms with Gasteiger partial charge in [-0.15, -0.1) is 0 Å². The zero-order valence-corrected chi connectivity index (χ0v) is 12.3. The average molecular weight is 317 g/mol. The van der Waals surface area contributed by atoms with E-state index < -0.39 is 11.2 Å². The largest absolute Gasteiger partial charge is 0.394 e.